The molecule has 0 fully saturated rings. The summed E-state index contributed by atoms with van der Waals surface area (Å²) in [6.07, 6.45) is 0. The Balaban J connectivity index is 2.14. The van der Waals surface area contributed by atoms with Gasteiger partial charge in [0.1, 0.15) is 0 Å². The molecule has 0 radical (unpaired) electrons. The van der Waals surface area contributed by atoms with Crippen molar-refractivity contribution in [3.63, 3.8) is 0 Å². The van der Waals surface area contributed by atoms with Crippen LogP contribution in [0.1, 0.15) is 0 Å². The molecule has 0 amide bonds. The van der Waals surface area contributed by atoms with Gasteiger partial charge in [0.05, 0.1) is 18.1 Å². The van der Waals surface area contributed by atoms with E-state index in [2.05, 4.69) is 9.97 Å². The number of rotatable bonds is 3. The van der Waals surface area contributed by atoms with E-state index in [1.165, 1.54) is 0 Å². The van der Waals surface area contributed by atoms with Crippen LogP contribution in [0.15, 0.2) is 54.6 Å². The predicted octanol–water partition coefficient (Wildman–Crippen LogP) is 3.41. The third kappa shape index (κ3) is 2.16. The molecule has 0 bridgehead atoms. The molecule has 3 rings (SSSR count). The Bertz CT molecular complexity index is 728. The number of hydrogen-bond donors (Lipinski definition) is 0. The fraction of sp³-hybridized carbons (Fsp3) is 0.125. The molecule has 0 atom stereocenters. The monoisotopic (exact) mass is 265 g/mol. The zero-order valence-electron chi connectivity index (χ0n) is 11.4. The number of nitrogens with zero attached hydrogens (tertiary/aromatic N) is 3. The molecule has 3 aromatic rings. The van der Waals surface area contributed by atoms with Gasteiger partial charge in [-0.15, -0.1) is 0 Å². The maximum absolute atomic E-state index is 5.38. The van der Waals surface area contributed by atoms with Gasteiger partial charge in [0, 0.05) is 12.7 Å². The molecule has 1 aromatic heterocycles. The third-order valence-corrected chi connectivity index (χ3v) is 3.18. The van der Waals surface area contributed by atoms with Crippen LogP contribution in [0.3, 0.4) is 0 Å². The zero-order valence-corrected chi connectivity index (χ0v) is 11.4. The maximum atomic E-state index is 5.38. The molecular formula is C16H15N3O. The van der Waals surface area contributed by atoms with E-state index in [9.17, 15) is 0 Å². The first-order valence-electron chi connectivity index (χ1n) is 6.39. The summed E-state index contributed by atoms with van der Waals surface area (Å²) < 4.78 is 5.38. The van der Waals surface area contributed by atoms with Crippen molar-refractivity contribution in [2.24, 2.45) is 0 Å². The Morgan fingerprint density at radius 3 is 2.10 bits per heavy atom. The lowest BCUT2D eigenvalue weighted by atomic mass is 10.3. The molecule has 2 aromatic carbocycles. The minimum Gasteiger partial charge on any atom is -0.478 e. The molecule has 0 N–H and O–H groups in total. The molecular weight excluding hydrogens is 250 g/mol. The summed E-state index contributed by atoms with van der Waals surface area (Å²) in [7, 11) is 3.57. The van der Waals surface area contributed by atoms with Gasteiger partial charge >= 0.3 is 0 Å². The number of benzene rings is 2. The average molecular weight is 265 g/mol. The predicted molar refractivity (Wildman–Crippen MR) is 80.6 cm³/mol. The largest absolute Gasteiger partial charge is 0.478 e. The second-order valence-corrected chi connectivity index (χ2v) is 4.44. The van der Waals surface area contributed by atoms with Crippen molar-refractivity contribution in [3.05, 3.63) is 54.6 Å². The van der Waals surface area contributed by atoms with Crippen molar-refractivity contribution >= 4 is 22.5 Å². The molecule has 0 spiro atoms. The lowest BCUT2D eigenvalue weighted by Crippen LogP contribution is -2.13. The molecule has 0 aliphatic rings. The van der Waals surface area contributed by atoms with Gasteiger partial charge in [-0.3, -0.25) is 0 Å². The molecule has 0 unspecified atom stereocenters. The molecule has 1 heterocycles. The van der Waals surface area contributed by atoms with Crippen LogP contribution < -0.4 is 9.64 Å². The van der Waals surface area contributed by atoms with Crippen molar-refractivity contribution in [1.29, 1.82) is 0 Å². The van der Waals surface area contributed by atoms with Crippen molar-refractivity contribution in [2.75, 3.05) is 19.1 Å². The number of methoxy groups -OCH3 is 1. The smallest absolute Gasteiger partial charge is 0.258 e. The fourth-order valence-electron chi connectivity index (χ4n) is 2.10. The second kappa shape index (κ2) is 5.17. The highest BCUT2D eigenvalue weighted by Crippen LogP contribution is 2.30. The number of ether oxygens (including phenoxy) is 1. The highest BCUT2D eigenvalue weighted by Gasteiger charge is 2.14. The minimum atomic E-state index is 0.523. The molecule has 0 saturated carbocycles. The molecule has 0 aliphatic heterocycles. The van der Waals surface area contributed by atoms with Crippen LogP contribution in [0.4, 0.5) is 11.5 Å². The molecule has 0 aliphatic carbocycles. The summed E-state index contributed by atoms with van der Waals surface area (Å²) in [5.74, 6) is 1.23. The Morgan fingerprint density at radius 2 is 1.45 bits per heavy atom. The first-order chi connectivity index (χ1) is 9.79. The number of fused-ring (bicyclic) bond motifs is 1. The Kier molecular flexibility index (Phi) is 3.21. The lowest BCUT2D eigenvalue weighted by molar-refractivity contribution is 0.399. The Labute approximate surface area is 117 Å². The summed E-state index contributed by atoms with van der Waals surface area (Å²) in [4.78, 5) is 11.1. The second-order valence-electron chi connectivity index (χ2n) is 4.44. The highest BCUT2D eigenvalue weighted by molar-refractivity contribution is 5.79. The average Bonchev–Trinajstić information content (AvgIpc) is 2.53. The summed E-state index contributed by atoms with van der Waals surface area (Å²) in [5.41, 5.74) is 2.72. The molecule has 4 heteroatoms. The third-order valence-electron chi connectivity index (χ3n) is 3.18. The Hall–Kier alpha value is -2.62. The van der Waals surface area contributed by atoms with E-state index < -0.39 is 0 Å². The van der Waals surface area contributed by atoms with Gasteiger partial charge < -0.3 is 9.64 Å². The van der Waals surface area contributed by atoms with Gasteiger partial charge in [0.15, 0.2) is 5.82 Å². The van der Waals surface area contributed by atoms with Crippen LogP contribution in [-0.4, -0.2) is 24.1 Å². The van der Waals surface area contributed by atoms with E-state index in [0.717, 1.165) is 16.7 Å². The SMILES string of the molecule is COc1nc2ccccc2nc1N(C)c1ccccc1. The normalized spacial score (nSPS) is 10.5. The van der Waals surface area contributed by atoms with Crippen LogP contribution in [-0.2, 0) is 0 Å². The van der Waals surface area contributed by atoms with Gasteiger partial charge in [0.2, 0.25) is 0 Å². The van der Waals surface area contributed by atoms with Crippen LogP contribution in [0.5, 0.6) is 5.88 Å². The van der Waals surface area contributed by atoms with E-state index in [1.54, 1.807) is 7.11 Å². The van der Waals surface area contributed by atoms with Crippen molar-refractivity contribution in [2.45, 2.75) is 0 Å². The van der Waals surface area contributed by atoms with Crippen molar-refractivity contribution in [1.82, 2.24) is 9.97 Å². The highest BCUT2D eigenvalue weighted by atomic mass is 16.5. The van der Waals surface area contributed by atoms with E-state index in [1.807, 2.05) is 66.5 Å². The number of para-hydroxylation sites is 3. The molecule has 0 saturated heterocycles. The standard InChI is InChI=1S/C16H15N3O/c1-19(12-8-4-3-5-9-12)15-16(20-2)18-14-11-7-6-10-13(14)17-15/h3-11H,1-2H3. The van der Waals surface area contributed by atoms with Gasteiger partial charge in [-0.2, -0.15) is 0 Å². The van der Waals surface area contributed by atoms with Crippen LogP contribution in [0.2, 0.25) is 0 Å². The van der Waals surface area contributed by atoms with Gasteiger partial charge in [-0.25, -0.2) is 9.97 Å². The lowest BCUT2D eigenvalue weighted by Gasteiger charge is -2.20. The molecule has 100 valence electrons. The zero-order chi connectivity index (χ0) is 13.9. The van der Waals surface area contributed by atoms with Crippen LogP contribution in [0, 0.1) is 0 Å². The molecule has 20 heavy (non-hydrogen) atoms. The topological polar surface area (TPSA) is 38.3 Å². The fourth-order valence-corrected chi connectivity index (χ4v) is 2.10. The number of anilines is 2. The quantitative estimate of drug-likeness (QED) is 0.727. The van der Waals surface area contributed by atoms with Crippen LogP contribution in [0.25, 0.3) is 11.0 Å². The number of aromatic nitrogens is 2. The first-order valence-corrected chi connectivity index (χ1v) is 6.39. The van der Waals surface area contributed by atoms with Gasteiger partial charge in [-0.1, -0.05) is 30.3 Å². The number of hydrogen-bond acceptors (Lipinski definition) is 4. The summed E-state index contributed by atoms with van der Waals surface area (Å²) >= 11 is 0. The maximum Gasteiger partial charge on any atom is 0.258 e. The molecule has 4 nitrogen and oxygen atoms in total. The van der Waals surface area contributed by atoms with Gasteiger partial charge in [0.25, 0.3) is 5.88 Å². The Morgan fingerprint density at radius 1 is 0.850 bits per heavy atom. The van der Waals surface area contributed by atoms with E-state index in [-0.39, 0.29) is 0 Å². The summed E-state index contributed by atoms with van der Waals surface area (Å²) in [6, 6.07) is 17.8. The minimum absolute atomic E-state index is 0.523. The summed E-state index contributed by atoms with van der Waals surface area (Å²) in [6.45, 7) is 0. The van der Waals surface area contributed by atoms with Crippen LogP contribution >= 0.6 is 0 Å². The van der Waals surface area contributed by atoms with E-state index >= 15 is 0 Å². The van der Waals surface area contributed by atoms with E-state index in [4.69, 9.17) is 4.74 Å². The summed E-state index contributed by atoms with van der Waals surface area (Å²) in [5, 5.41) is 0. The van der Waals surface area contributed by atoms with E-state index in [0.29, 0.717) is 11.7 Å². The van der Waals surface area contributed by atoms with Gasteiger partial charge in [-0.05, 0) is 24.3 Å². The van der Waals surface area contributed by atoms with Crippen molar-refractivity contribution in [3.8, 4) is 5.88 Å². The first kappa shape index (κ1) is 12.4. The van der Waals surface area contributed by atoms with Crippen molar-refractivity contribution < 1.29 is 4.74 Å².